The normalized spacial score (nSPS) is 11.9. The summed E-state index contributed by atoms with van der Waals surface area (Å²) in [6.07, 6.45) is 1.43. The van der Waals surface area contributed by atoms with E-state index in [9.17, 15) is 9.00 Å². The van der Waals surface area contributed by atoms with Gasteiger partial charge in [0, 0.05) is 35.0 Å². The van der Waals surface area contributed by atoms with Gasteiger partial charge < -0.3 is 10.7 Å². The van der Waals surface area contributed by atoms with Crippen molar-refractivity contribution in [1.29, 1.82) is 0 Å². The molecule has 0 saturated carbocycles. The predicted molar refractivity (Wildman–Crippen MR) is 67.9 cm³/mol. The largest absolute Gasteiger partial charge is 0.351 e. The molecule has 1 unspecified atom stereocenters. The van der Waals surface area contributed by atoms with Crippen LogP contribution in [0.4, 0.5) is 5.82 Å². The Balaban J connectivity index is 2.44. The van der Waals surface area contributed by atoms with Crippen LogP contribution in [0.5, 0.6) is 0 Å². The number of nitrogens with one attached hydrogen (secondary N) is 2. The molecule has 1 rings (SSSR count). The number of pyridine rings is 1. The smallest absolute Gasteiger partial charge is 0.252 e. The highest BCUT2D eigenvalue weighted by molar-refractivity contribution is 7.84. The quantitative estimate of drug-likeness (QED) is 0.486. The SMILES string of the molecule is CCS(=O)CCNC(=O)c1ccc(NN)nc1. The summed E-state index contributed by atoms with van der Waals surface area (Å²) < 4.78 is 11.1. The molecule has 0 fully saturated rings. The molecular weight excluding hydrogens is 240 g/mol. The van der Waals surface area contributed by atoms with Crippen LogP contribution in [0.3, 0.4) is 0 Å². The van der Waals surface area contributed by atoms with Crippen LogP contribution >= 0.6 is 0 Å². The average molecular weight is 256 g/mol. The Morgan fingerprint density at radius 1 is 1.53 bits per heavy atom. The second-order valence-electron chi connectivity index (χ2n) is 3.26. The van der Waals surface area contributed by atoms with Gasteiger partial charge in [-0.3, -0.25) is 9.00 Å². The maximum absolute atomic E-state index is 11.6. The Bertz CT molecular complexity index is 394. The summed E-state index contributed by atoms with van der Waals surface area (Å²) >= 11 is 0. The van der Waals surface area contributed by atoms with Gasteiger partial charge in [0.15, 0.2) is 0 Å². The molecule has 6 nitrogen and oxygen atoms in total. The van der Waals surface area contributed by atoms with Crippen LogP contribution in [0.25, 0.3) is 0 Å². The Morgan fingerprint density at radius 3 is 2.82 bits per heavy atom. The Hall–Kier alpha value is -1.47. The van der Waals surface area contributed by atoms with Crippen molar-refractivity contribution in [1.82, 2.24) is 10.3 Å². The van der Waals surface area contributed by atoms with E-state index < -0.39 is 10.8 Å². The monoisotopic (exact) mass is 256 g/mol. The standard InChI is InChI=1S/C10H16N4O2S/c1-2-17(16)6-5-12-10(15)8-3-4-9(14-11)13-7-8/h3-4,7H,2,5-6,11H2,1H3,(H,12,15)(H,13,14). The van der Waals surface area contributed by atoms with Crippen molar-refractivity contribution in [2.75, 3.05) is 23.5 Å². The summed E-state index contributed by atoms with van der Waals surface area (Å²) in [6.45, 7) is 2.25. The maximum atomic E-state index is 11.6. The number of amides is 1. The molecule has 7 heteroatoms. The molecule has 0 aliphatic rings. The van der Waals surface area contributed by atoms with Gasteiger partial charge in [0.1, 0.15) is 5.82 Å². The highest BCUT2D eigenvalue weighted by atomic mass is 32.2. The molecule has 4 N–H and O–H groups in total. The molecule has 1 heterocycles. The first-order valence-corrected chi connectivity index (χ1v) is 6.72. The van der Waals surface area contributed by atoms with Crippen LogP contribution < -0.4 is 16.6 Å². The van der Waals surface area contributed by atoms with E-state index in [-0.39, 0.29) is 5.91 Å². The number of hydrogen-bond acceptors (Lipinski definition) is 5. The second-order valence-corrected chi connectivity index (χ2v) is 5.13. The summed E-state index contributed by atoms with van der Waals surface area (Å²) in [4.78, 5) is 15.5. The fourth-order valence-electron chi connectivity index (χ4n) is 1.14. The van der Waals surface area contributed by atoms with E-state index in [1.165, 1.54) is 6.20 Å². The molecule has 1 aromatic heterocycles. The van der Waals surface area contributed by atoms with Crippen molar-refractivity contribution >= 4 is 22.5 Å². The van der Waals surface area contributed by atoms with Gasteiger partial charge in [-0.2, -0.15) is 0 Å². The third-order valence-corrected chi connectivity index (χ3v) is 3.41. The maximum Gasteiger partial charge on any atom is 0.252 e. The van der Waals surface area contributed by atoms with Crippen molar-refractivity contribution in [3.63, 3.8) is 0 Å². The number of carbonyl (C=O) groups excluding carboxylic acids is 1. The summed E-state index contributed by atoms with van der Waals surface area (Å²) in [7, 11) is -0.862. The number of anilines is 1. The molecule has 0 bridgehead atoms. The van der Waals surface area contributed by atoms with Crippen LogP contribution in [-0.2, 0) is 10.8 Å². The first kappa shape index (κ1) is 13.6. The Labute approximate surface area is 102 Å². The highest BCUT2D eigenvalue weighted by Gasteiger charge is 2.05. The van der Waals surface area contributed by atoms with Gasteiger partial charge in [-0.1, -0.05) is 6.92 Å². The third-order valence-electron chi connectivity index (χ3n) is 2.11. The number of carbonyl (C=O) groups is 1. The Morgan fingerprint density at radius 2 is 2.29 bits per heavy atom. The number of nitrogens with two attached hydrogens (primary N) is 1. The molecule has 0 saturated heterocycles. The minimum absolute atomic E-state index is 0.228. The number of nitrogen functional groups attached to an aromatic ring is 1. The number of nitrogens with zero attached hydrogens (tertiary/aromatic N) is 1. The molecule has 0 aliphatic carbocycles. The molecule has 0 aliphatic heterocycles. The van der Waals surface area contributed by atoms with Crippen LogP contribution in [-0.4, -0.2) is 33.2 Å². The van der Waals surface area contributed by atoms with E-state index in [2.05, 4.69) is 15.7 Å². The van der Waals surface area contributed by atoms with Crippen LogP contribution in [0.15, 0.2) is 18.3 Å². The molecular formula is C10H16N4O2S. The van der Waals surface area contributed by atoms with E-state index >= 15 is 0 Å². The Kier molecular flexibility index (Phi) is 5.58. The topological polar surface area (TPSA) is 97.1 Å². The fraction of sp³-hybridized carbons (Fsp3) is 0.400. The van der Waals surface area contributed by atoms with Gasteiger partial charge in [0.25, 0.3) is 5.91 Å². The first-order chi connectivity index (χ1) is 8.17. The lowest BCUT2D eigenvalue weighted by Gasteiger charge is -2.05. The highest BCUT2D eigenvalue weighted by Crippen LogP contribution is 2.02. The van der Waals surface area contributed by atoms with Crippen molar-refractivity contribution in [2.45, 2.75) is 6.92 Å². The zero-order valence-corrected chi connectivity index (χ0v) is 10.4. The number of hydrazine groups is 1. The molecule has 1 amide bonds. The zero-order valence-electron chi connectivity index (χ0n) is 9.60. The number of hydrogen-bond donors (Lipinski definition) is 3. The van der Waals surface area contributed by atoms with Gasteiger partial charge in [0.2, 0.25) is 0 Å². The van der Waals surface area contributed by atoms with Gasteiger partial charge in [-0.15, -0.1) is 0 Å². The van der Waals surface area contributed by atoms with Gasteiger partial charge in [-0.25, -0.2) is 10.8 Å². The summed E-state index contributed by atoms with van der Waals surface area (Å²) in [5, 5.41) is 2.68. The van der Waals surface area contributed by atoms with Crippen LogP contribution in [0.1, 0.15) is 17.3 Å². The van der Waals surface area contributed by atoms with E-state index in [1.54, 1.807) is 12.1 Å². The molecule has 0 radical (unpaired) electrons. The lowest BCUT2D eigenvalue weighted by molar-refractivity contribution is 0.0956. The van der Waals surface area contributed by atoms with E-state index in [0.29, 0.717) is 29.4 Å². The average Bonchev–Trinajstić information content (AvgIpc) is 2.38. The van der Waals surface area contributed by atoms with Gasteiger partial charge in [0.05, 0.1) is 5.56 Å². The molecule has 1 atom stereocenters. The lowest BCUT2D eigenvalue weighted by Crippen LogP contribution is -2.28. The van der Waals surface area contributed by atoms with Crippen LogP contribution in [0.2, 0.25) is 0 Å². The fourth-order valence-corrected chi connectivity index (χ4v) is 1.76. The summed E-state index contributed by atoms with van der Waals surface area (Å²) in [6, 6.07) is 3.23. The van der Waals surface area contributed by atoms with E-state index in [1.807, 2.05) is 6.92 Å². The van der Waals surface area contributed by atoms with E-state index in [0.717, 1.165) is 0 Å². The minimum Gasteiger partial charge on any atom is -0.351 e. The number of aromatic nitrogens is 1. The second kappa shape index (κ2) is 6.97. The van der Waals surface area contributed by atoms with Crippen LogP contribution in [0, 0.1) is 0 Å². The van der Waals surface area contributed by atoms with Crippen molar-refractivity contribution < 1.29 is 9.00 Å². The van der Waals surface area contributed by atoms with Crippen molar-refractivity contribution in [2.24, 2.45) is 5.84 Å². The lowest BCUT2D eigenvalue weighted by atomic mass is 10.2. The number of rotatable bonds is 6. The van der Waals surface area contributed by atoms with Gasteiger partial charge in [-0.05, 0) is 12.1 Å². The summed E-state index contributed by atoms with van der Waals surface area (Å²) in [5.41, 5.74) is 2.83. The van der Waals surface area contributed by atoms with Gasteiger partial charge >= 0.3 is 0 Å². The van der Waals surface area contributed by atoms with E-state index in [4.69, 9.17) is 5.84 Å². The molecule has 1 aromatic rings. The van der Waals surface area contributed by atoms with Crippen molar-refractivity contribution in [3.05, 3.63) is 23.9 Å². The zero-order chi connectivity index (χ0) is 12.7. The molecule has 94 valence electrons. The molecule has 0 aromatic carbocycles. The third kappa shape index (κ3) is 4.49. The minimum atomic E-state index is -0.862. The molecule has 0 spiro atoms. The molecule has 17 heavy (non-hydrogen) atoms. The van der Waals surface area contributed by atoms with Crippen molar-refractivity contribution in [3.8, 4) is 0 Å². The predicted octanol–water partition coefficient (Wildman–Crippen LogP) is -0.134. The summed E-state index contributed by atoms with van der Waals surface area (Å²) in [5.74, 6) is 6.50. The first-order valence-electron chi connectivity index (χ1n) is 5.23.